The summed E-state index contributed by atoms with van der Waals surface area (Å²) in [5.74, 6) is 3.47. The SMILES string of the molecule is COc1cc2c(cc1OC)CN(C(=O)CC[C@@H](C)[C@H]1CC[C@H]3[C@@H]4[C@H](O)C[C@@H]5C[C@H](O)CC[C@]5(C)[C@H]4C[C@H](O)[C@]13C)CC2. The van der Waals surface area contributed by atoms with Gasteiger partial charge in [-0.15, -0.1) is 0 Å². The van der Waals surface area contributed by atoms with Crippen LogP contribution in [0.2, 0.25) is 0 Å². The Morgan fingerprint density at radius 1 is 1.00 bits per heavy atom. The van der Waals surface area contributed by atoms with Crippen LogP contribution < -0.4 is 9.47 Å². The molecule has 0 radical (unpaired) electrons. The third-order valence-electron chi connectivity index (χ3n) is 13.4. The van der Waals surface area contributed by atoms with Crippen molar-refractivity contribution in [1.82, 2.24) is 4.90 Å². The first-order chi connectivity index (χ1) is 20.0. The molecule has 0 unspecified atom stereocenters. The highest BCUT2D eigenvalue weighted by molar-refractivity contribution is 5.76. The highest BCUT2D eigenvalue weighted by Crippen LogP contribution is 2.68. The molecule has 1 amide bonds. The molecule has 7 heteroatoms. The average Bonchev–Trinajstić information content (AvgIpc) is 3.34. The zero-order chi connectivity index (χ0) is 30.0. The van der Waals surface area contributed by atoms with Crippen LogP contribution in [0.15, 0.2) is 12.1 Å². The first-order valence-electron chi connectivity index (χ1n) is 16.6. The molecule has 1 aromatic rings. The molecule has 0 spiro atoms. The summed E-state index contributed by atoms with van der Waals surface area (Å²) in [6.07, 6.45) is 7.41. The Morgan fingerprint density at radius 3 is 2.43 bits per heavy atom. The predicted octanol–water partition coefficient (Wildman–Crippen LogP) is 4.97. The van der Waals surface area contributed by atoms with E-state index in [1.165, 1.54) is 5.56 Å². The lowest BCUT2D eigenvalue weighted by Crippen LogP contribution is -2.62. The number of carbonyl (C=O) groups excluding carboxylic acids is 1. The first-order valence-corrected chi connectivity index (χ1v) is 16.6. The standard InChI is InChI=1S/C35H53NO6/c1-20(6-9-32(40)36-13-11-21-14-29(41-4)30(42-5)15-22(21)19-36)25-7-8-26-33-27(18-31(39)35(25,26)3)34(2)12-10-24(37)16-23(34)17-28(33)38/h14-15,20,23-28,31,33,37-39H,6-13,16-19H2,1-5H3/t20-,23+,24-,25-,26+,27+,28-,31+,33+,34+,35-/m1/s1. The van der Waals surface area contributed by atoms with Crippen molar-refractivity contribution >= 4 is 5.91 Å². The quantitative estimate of drug-likeness (QED) is 0.438. The minimum absolute atomic E-state index is 0.0871. The lowest BCUT2D eigenvalue weighted by molar-refractivity contribution is -0.207. The zero-order valence-electron chi connectivity index (χ0n) is 26.3. The van der Waals surface area contributed by atoms with E-state index in [4.69, 9.17) is 9.47 Å². The number of carbonyl (C=O) groups is 1. The number of rotatable bonds is 6. The van der Waals surface area contributed by atoms with E-state index < -0.39 is 6.10 Å². The summed E-state index contributed by atoms with van der Waals surface area (Å²) in [4.78, 5) is 15.4. The van der Waals surface area contributed by atoms with Crippen molar-refractivity contribution in [3.63, 3.8) is 0 Å². The van der Waals surface area contributed by atoms with Crippen molar-refractivity contribution in [1.29, 1.82) is 0 Å². The smallest absolute Gasteiger partial charge is 0.222 e. The van der Waals surface area contributed by atoms with Gasteiger partial charge in [0.05, 0.1) is 32.5 Å². The van der Waals surface area contributed by atoms with Gasteiger partial charge < -0.3 is 29.7 Å². The normalized spacial score (nSPS) is 41.7. The van der Waals surface area contributed by atoms with E-state index in [-0.39, 0.29) is 34.9 Å². The van der Waals surface area contributed by atoms with Gasteiger partial charge in [0.15, 0.2) is 11.5 Å². The van der Waals surface area contributed by atoms with E-state index in [9.17, 15) is 20.1 Å². The Morgan fingerprint density at radius 2 is 1.71 bits per heavy atom. The van der Waals surface area contributed by atoms with Crippen molar-refractivity contribution in [2.75, 3.05) is 20.8 Å². The Hall–Kier alpha value is -1.83. The molecule has 0 bridgehead atoms. The van der Waals surface area contributed by atoms with Gasteiger partial charge in [-0.05, 0) is 127 Å². The van der Waals surface area contributed by atoms with E-state index >= 15 is 0 Å². The van der Waals surface area contributed by atoms with Crippen LogP contribution in [0.5, 0.6) is 11.5 Å². The van der Waals surface area contributed by atoms with Gasteiger partial charge in [0.25, 0.3) is 0 Å². The number of benzene rings is 1. The molecule has 1 heterocycles. The minimum atomic E-state index is -0.394. The molecule has 4 fully saturated rings. The molecule has 7 nitrogen and oxygen atoms in total. The summed E-state index contributed by atoms with van der Waals surface area (Å²) in [7, 11) is 3.29. The molecule has 1 aromatic carbocycles. The van der Waals surface area contributed by atoms with E-state index in [0.717, 1.165) is 75.6 Å². The van der Waals surface area contributed by atoms with Crippen molar-refractivity contribution in [3.05, 3.63) is 23.3 Å². The summed E-state index contributed by atoms with van der Waals surface area (Å²) >= 11 is 0. The summed E-state index contributed by atoms with van der Waals surface area (Å²) in [5.41, 5.74) is 2.20. The number of aliphatic hydroxyl groups excluding tert-OH is 3. The fourth-order valence-electron chi connectivity index (χ4n) is 10.9. The zero-order valence-corrected chi connectivity index (χ0v) is 26.3. The van der Waals surface area contributed by atoms with Gasteiger partial charge in [-0.3, -0.25) is 4.79 Å². The molecule has 0 saturated heterocycles. The summed E-state index contributed by atoms with van der Waals surface area (Å²) in [6, 6.07) is 4.04. The Bertz CT molecular complexity index is 1170. The molecular formula is C35H53NO6. The lowest BCUT2D eigenvalue weighted by Gasteiger charge is -2.63. The van der Waals surface area contributed by atoms with Crippen molar-refractivity contribution in [3.8, 4) is 11.5 Å². The van der Waals surface area contributed by atoms with Gasteiger partial charge in [-0.1, -0.05) is 20.8 Å². The number of nitrogens with zero attached hydrogens (tertiary/aromatic N) is 1. The van der Waals surface area contributed by atoms with Crippen LogP contribution in [0.3, 0.4) is 0 Å². The second-order valence-corrected chi connectivity index (χ2v) is 15.1. The summed E-state index contributed by atoms with van der Waals surface area (Å²) in [6.45, 7) is 8.28. The number of ether oxygens (including phenoxy) is 2. The molecule has 6 rings (SSSR count). The minimum Gasteiger partial charge on any atom is -0.493 e. The van der Waals surface area contributed by atoms with Crippen molar-refractivity contribution < 1.29 is 29.6 Å². The predicted molar refractivity (Wildman–Crippen MR) is 161 cm³/mol. The Kier molecular flexibility index (Phi) is 8.10. The number of aliphatic hydroxyl groups is 3. The maximum Gasteiger partial charge on any atom is 0.222 e. The van der Waals surface area contributed by atoms with Crippen LogP contribution in [0.25, 0.3) is 0 Å². The van der Waals surface area contributed by atoms with E-state index in [2.05, 4.69) is 20.8 Å². The molecule has 5 aliphatic rings. The monoisotopic (exact) mass is 583 g/mol. The third kappa shape index (κ3) is 4.77. The van der Waals surface area contributed by atoms with E-state index in [1.54, 1.807) is 14.2 Å². The van der Waals surface area contributed by atoms with Gasteiger partial charge in [-0.25, -0.2) is 0 Å². The van der Waals surface area contributed by atoms with Gasteiger partial charge in [-0.2, -0.15) is 0 Å². The molecular weight excluding hydrogens is 530 g/mol. The Balaban J connectivity index is 1.12. The maximum atomic E-state index is 13.4. The number of methoxy groups -OCH3 is 2. The average molecular weight is 584 g/mol. The number of amides is 1. The summed E-state index contributed by atoms with van der Waals surface area (Å²) in [5, 5.41) is 33.8. The molecule has 3 N–H and O–H groups in total. The Labute approximate surface area is 252 Å². The van der Waals surface area contributed by atoms with Crippen LogP contribution in [0.4, 0.5) is 0 Å². The molecule has 1 aliphatic heterocycles. The summed E-state index contributed by atoms with van der Waals surface area (Å²) < 4.78 is 11.0. The highest BCUT2D eigenvalue weighted by Gasteiger charge is 2.65. The molecule has 4 saturated carbocycles. The number of hydrogen-bond donors (Lipinski definition) is 3. The number of hydrogen-bond acceptors (Lipinski definition) is 6. The third-order valence-corrected chi connectivity index (χ3v) is 13.4. The van der Waals surface area contributed by atoms with Crippen LogP contribution in [0, 0.1) is 46.3 Å². The molecule has 42 heavy (non-hydrogen) atoms. The second-order valence-electron chi connectivity index (χ2n) is 15.1. The van der Waals surface area contributed by atoms with Gasteiger partial charge in [0.1, 0.15) is 0 Å². The van der Waals surface area contributed by atoms with Crippen LogP contribution in [-0.2, 0) is 17.8 Å². The lowest BCUT2D eigenvalue weighted by atomic mass is 9.43. The van der Waals surface area contributed by atoms with Gasteiger partial charge in [0, 0.05) is 19.5 Å². The maximum absolute atomic E-state index is 13.4. The van der Waals surface area contributed by atoms with Crippen LogP contribution in [-0.4, -0.2) is 65.2 Å². The van der Waals surface area contributed by atoms with Crippen molar-refractivity contribution in [2.45, 2.75) is 110 Å². The molecule has 234 valence electrons. The number of fused-ring (bicyclic) bond motifs is 6. The largest absolute Gasteiger partial charge is 0.493 e. The van der Waals surface area contributed by atoms with Crippen LogP contribution in [0.1, 0.15) is 89.7 Å². The van der Waals surface area contributed by atoms with E-state index in [1.807, 2.05) is 17.0 Å². The molecule has 11 atom stereocenters. The fourth-order valence-corrected chi connectivity index (χ4v) is 10.9. The highest BCUT2D eigenvalue weighted by atomic mass is 16.5. The second kappa shape index (κ2) is 11.3. The van der Waals surface area contributed by atoms with Crippen molar-refractivity contribution in [2.24, 2.45) is 46.3 Å². The van der Waals surface area contributed by atoms with Crippen LogP contribution >= 0.6 is 0 Å². The van der Waals surface area contributed by atoms with Gasteiger partial charge in [0.2, 0.25) is 5.91 Å². The topological polar surface area (TPSA) is 99.5 Å². The molecule has 0 aromatic heterocycles. The molecule has 4 aliphatic carbocycles. The van der Waals surface area contributed by atoms with Gasteiger partial charge >= 0.3 is 0 Å². The first kappa shape index (κ1) is 30.2. The van der Waals surface area contributed by atoms with E-state index in [0.29, 0.717) is 48.3 Å². The fraction of sp³-hybridized carbons (Fsp3) is 0.800.